The van der Waals surface area contributed by atoms with Crippen molar-refractivity contribution in [3.63, 3.8) is 0 Å². The number of aliphatic imine (C=N–C) groups is 1. The molecule has 1 aliphatic heterocycles. The molecule has 0 bridgehead atoms. The number of ether oxygens (including phenoxy) is 1. The minimum Gasteiger partial charge on any atom is -0.466 e. The van der Waals surface area contributed by atoms with E-state index in [1.807, 2.05) is 0 Å². The smallest absolute Gasteiger partial charge is 0.275 e. The predicted molar refractivity (Wildman–Crippen MR) is 83.5 cm³/mol. The van der Waals surface area contributed by atoms with E-state index in [0.717, 1.165) is 0 Å². The minimum atomic E-state index is -0.821. The van der Waals surface area contributed by atoms with Crippen LogP contribution in [0.2, 0.25) is 5.02 Å². The first-order valence-corrected chi connectivity index (χ1v) is 7.00. The van der Waals surface area contributed by atoms with Crippen molar-refractivity contribution in [3.8, 4) is 11.8 Å². The normalized spacial score (nSPS) is 15.3. The van der Waals surface area contributed by atoms with Crippen molar-refractivity contribution in [3.05, 3.63) is 63.0 Å². The lowest BCUT2D eigenvalue weighted by atomic mass is 10.1. The van der Waals surface area contributed by atoms with Crippen LogP contribution in [0.5, 0.6) is 5.75 Å². The van der Waals surface area contributed by atoms with Crippen molar-refractivity contribution in [2.24, 2.45) is 4.99 Å². The maximum absolute atomic E-state index is 12.3. The van der Waals surface area contributed by atoms with E-state index in [2.05, 4.69) is 11.1 Å². The largest absolute Gasteiger partial charge is 0.466 e. The van der Waals surface area contributed by atoms with Gasteiger partial charge in [-0.2, -0.15) is 5.26 Å². The van der Waals surface area contributed by atoms with Crippen molar-refractivity contribution in [1.29, 1.82) is 5.26 Å². The highest BCUT2D eigenvalue weighted by atomic mass is 35.5. The van der Waals surface area contributed by atoms with Gasteiger partial charge >= 0.3 is 0 Å². The van der Waals surface area contributed by atoms with Crippen LogP contribution in [0.3, 0.4) is 0 Å². The fraction of sp³-hybridized carbons (Fsp3) is 0.188. The van der Waals surface area contributed by atoms with Gasteiger partial charge in [-0.1, -0.05) is 11.6 Å². The van der Waals surface area contributed by atoms with Gasteiger partial charge in [-0.15, -0.1) is 0 Å². The molecule has 1 aromatic carbocycles. The van der Waals surface area contributed by atoms with E-state index in [1.54, 1.807) is 44.3 Å². The van der Waals surface area contributed by atoms with E-state index in [1.165, 1.54) is 10.6 Å². The van der Waals surface area contributed by atoms with Crippen LogP contribution in [0.4, 0.5) is 0 Å². The molecule has 0 N–H and O–H groups in total. The molecule has 0 saturated heterocycles. The number of pyridine rings is 1. The van der Waals surface area contributed by atoms with Crippen molar-refractivity contribution in [1.82, 2.24) is 4.57 Å². The molecule has 1 aliphatic rings. The first-order chi connectivity index (χ1) is 10.4. The van der Waals surface area contributed by atoms with Crippen molar-refractivity contribution in [2.45, 2.75) is 19.6 Å². The predicted octanol–water partition coefficient (Wildman–Crippen LogP) is 2.80. The average molecular weight is 314 g/mol. The number of fused-ring (bicyclic) bond motifs is 1. The summed E-state index contributed by atoms with van der Waals surface area (Å²) in [5, 5.41) is 9.18. The molecule has 2 aromatic rings. The highest BCUT2D eigenvalue weighted by Crippen LogP contribution is 2.31. The third-order valence-corrected chi connectivity index (χ3v) is 3.50. The van der Waals surface area contributed by atoms with Gasteiger partial charge in [-0.05, 0) is 44.2 Å². The summed E-state index contributed by atoms with van der Waals surface area (Å²) in [6.07, 6.45) is 1.59. The fourth-order valence-electron chi connectivity index (χ4n) is 2.29. The summed E-state index contributed by atoms with van der Waals surface area (Å²) >= 11 is 5.92. The molecule has 0 amide bonds. The first-order valence-electron chi connectivity index (χ1n) is 6.62. The van der Waals surface area contributed by atoms with Gasteiger partial charge in [-0.25, -0.2) is 4.99 Å². The van der Waals surface area contributed by atoms with Crippen LogP contribution in [0.1, 0.15) is 25.0 Å². The Bertz CT molecular complexity index is 891. The first kappa shape index (κ1) is 14.4. The molecule has 0 aliphatic carbocycles. The average Bonchev–Trinajstić information content (AvgIpc) is 2.48. The molecule has 1 aromatic heterocycles. The molecular weight excluding hydrogens is 302 g/mol. The molecule has 0 atom stereocenters. The topological polar surface area (TPSA) is 67.4 Å². The lowest BCUT2D eigenvalue weighted by molar-refractivity contribution is 0.114. The Morgan fingerprint density at radius 1 is 1.36 bits per heavy atom. The second kappa shape index (κ2) is 5.00. The third kappa shape index (κ3) is 2.38. The number of aromatic nitrogens is 1. The molecule has 3 rings (SSSR count). The number of nitriles is 1. The SMILES string of the molecule is CC1(C)N=C(n2cccc(Cl)c2=O)c2cc(C#N)ccc2O1. The second-order valence-electron chi connectivity index (χ2n) is 5.34. The van der Waals surface area contributed by atoms with Crippen LogP contribution in [0.25, 0.3) is 0 Å². The number of hydrogen-bond acceptors (Lipinski definition) is 4. The Morgan fingerprint density at radius 3 is 2.86 bits per heavy atom. The van der Waals surface area contributed by atoms with Crippen LogP contribution in [0.15, 0.2) is 46.3 Å². The van der Waals surface area contributed by atoms with E-state index in [0.29, 0.717) is 22.7 Å². The van der Waals surface area contributed by atoms with Crippen molar-refractivity contribution >= 4 is 17.4 Å². The molecule has 2 heterocycles. The summed E-state index contributed by atoms with van der Waals surface area (Å²) < 4.78 is 7.16. The van der Waals surface area contributed by atoms with Gasteiger partial charge in [0.15, 0.2) is 5.72 Å². The Kier molecular flexibility index (Phi) is 3.27. The number of nitrogens with zero attached hydrogens (tertiary/aromatic N) is 3. The summed E-state index contributed by atoms with van der Waals surface area (Å²) in [6, 6.07) is 10.3. The van der Waals surface area contributed by atoms with Crippen LogP contribution < -0.4 is 10.3 Å². The molecule has 22 heavy (non-hydrogen) atoms. The van der Waals surface area contributed by atoms with Crippen LogP contribution in [0, 0.1) is 11.3 Å². The number of hydrogen-bond donors (Lipinski definition) is 0. The minimum absolute atomic E-state index is 0.104. The number of rotatable bonds is 0. The molecule has 0 saturated carbocycles. The highest BCUT2D eigenvalue weighted by Gasteiger charge is 2.29. The second-order valence-corrected chi connectivity index (χ2v) is 5.75. The van der Waals surface area contributed by atoms with E-state index < -0.39 is 5.72 Å². The summed E-state index contributed by atoms with van der Waals surface area (Å²) in [6.45, 7) is 3.59. The fourth-order valence-corrected chi connectivity index (χ4v) is 2.45. The van der Waals surface area contributed by atoms with Gasteiger partial charge in [0, 0.05) is 6.20 Å². The van der Waals surface area contributed by atoms with Gasteiger partial charge in [0.1, 0.15) is 16.6 Å². The summed E-state index contributed by atoms with van der Waals surface area (Å²) in [5.74, 6) is 0.983. The van der Waals surface area contributed by atoms with Crippen LogP contribution >= 0.6 is 11.6 Å². The maximum atomic E-state index is 12.3. The van der Waals surface area contributed by atoms with E-state index in [4.69, 9.17) is 21.6 Å². The summed E-state index contributed by atoms with van der Waals surface area (Å²) in [7, 11) is 0. The van der Waals surface area contributed by atoms with E-state index in [-0.39, 0.29) is 10.6 Å². The van der Waals surface area contributed by atoms with Crippen molar-refractivity contribution < 1.29 is 4.74 Å². The molecular formula is C16H12ClN3O2. The zero-order valence-electron chi connectivity index (χ0n) is 12.0. The monoisotopic (exact) mass is 313 g/mol. The van der Waals surface area contributed by atoms with Crippen LogP contribution in [-0.4, -0.2) is 16.1 Å². The van der Waals surface area contributed by atoms with Gasteiger partial charge in [0.2, 0.25) is 0 Å². The maximum Gasteiger partial charge on any atom is 0.275 e. The summed E-state index contributed by atoms with van der Waals surface area (Å²) in [4.78, 5) is 16.8. The molecule has 6 heteroatoms. The molecule has 0 spiro atoms. The highest BCUT2D eigenvalue weighted by molar-refractivity contribution is 6.30. The Morgan fingerprint density at radius 2 is 2.14 bits per heavy atom. The standard InChI is InChI=1S/C16H12ClN3O2/c1-16(2)19-14(20-7-3-4-12(17)15(20)21)11-8-10(9-18)5-6-13(11)22-16/h3-8H,1-2H3. The van der Waals surface area contributed by atoms with E-state index >= 15 is 0 Å². The summed E-state index contributed by atoms with van der Waals surface area (Å²) in [5.41, 5.74) is -0.139. The Hall–Kier alpha value is -2.58. The van der Waals surface area contributed by atoms with Gasteiger partial charge in [0.05, 0.1) is 17.2 Å². The Labute approximate surface area is 132 Å². The van der Waals surface area contributed by atoms with Crippen LogP contribution in [-0.2, 0) is 0 Å². The zero-order chi connectivity index (χ0) is 15.9. The lowest BCUT2D eigenvalue weighted by Crippen LogP contribution is -2.37. The quantitative estimate of drug-likeness (QED) is 0.751. The van der Waals surface area contributed by atoms with Gasteiger partial charge in [0.25, 0.3) is 5.56 Å². The molecule has 0 fully saturated rings. The number of benzene rings is 1. The van der Waals surface area contributed by atoms with Gasteiger partial charge in [-0.3, -0.25) is 9.36 Å². The lowest BCUT2D eigenvalue weighted by Gasteiger charge is -2.30. The molecule has 0 radical (unpaired) electrons. The number of halogens is 1. The third-order valence-electron chi connectivity index (χ3n) is 3.21. The van der Waals surface area contributed by atoms with E-state index in [9.17, 15) is 4.79 Å². The molecule has 5 nitrogen and oxygen atoms in total. The Balaban J connectivity index is 2.30. The molecule has 110 valence electrons. The zero-order valence-corrected chi connectivity index (χ0v) is 12.8. The van der Waals surface area contributed by atoms with Crippen molar-refractivity contribution in [2.75, 3.05) is 0 Å². The molecule has 0 unspecified atom stereocenters. The van der Waals surface area contributed by atoms with Gasteiger partial charge < -0.3 is 4.74 Å².